The molecule has 0 saturated heterocycles. The van der Waals surface area contributed by atoms with Crippen molar-refractivity contribution in [3.05, 3.63) is 48.6 Å². The smallest absolute Gasteiger partial charge is 0.306 e. The maximum Gasteiger partial charge on any atom is 0.306 e. The monoisotopic (exact) mass is 1040 g/mol. The number of unbranched alkanes of at least 4 members (excludes halogenated alkanes) is 41. The highest BCUT2D eigenvalue weighted by atomic mass is 16.6. The summed E-state index contributed by atoms with van der Waals surface area (Å²) in [6.07, 6.45) is 78.3. The summed E-state index contributed by atoms with van der Waals surface area (Å²) in [7, 11) is 0. The number of hydrogen-bond donors (Lipinski definition) is 0. The maximum absolute atomic E-state index is 12.9. The van der Waals surface area contributed by atoms with Crippen molar-refractivity contribution in [2.75, 3.05) is 13.2 Å². The molecule has 1 unspecified atom stereocenters. The maximum atomic E-state index is 12.9. The van der Waals surface area contributed by atoms with Crippen molar-refractivity contribution < 1.29 is 28.6 Å². The highest BCUT2D eigenvalue weighted by molar-refractivity contribution is 5.71. The molecule has 0 N–H and O–H groups in total. The van der Waals surface area contributed by atoms with E-state index in [2.05, 4.69) is 69.4 Å². The molecule has 0 aromatic heterocycles. The average Bonchev–Trinajstić information content (AvgIpc) is 3.40. The highest BCUT2D eigenvalue weighted by Crippen LogP contribution is 2.18. The van der Waals surface area contributed by atoms with Crippen LogP contribution in [0, 0.1) is 0 Å². The number of esters is 3. The van der Waals surface area contributed by atoms with E-state index < -0.39 is 6.10 Å². The Hall–Kier alpha value is -2.63. The lowest BCUT2D eigenvalue weighted by molar-refractivity contribution is -0.167. The molecule has 0 aliphatic rings. The molecule has 74 heavy (non-hydrogen) atoms. The molecule has 0 heterocycles. The summed E-state index contributed by atoms with van der Waals surface area (Å²) in [6, 6.07) is 0. The number of carbonyl (C=O) groups is 3. The Balaban J connectivity index is 4.32. The van der Waals surface area contributed by atoms with Gasteiger partial charge < -0.3 is 14.2 Å². The molecule has 0 fully saturated rings. The van der Waals surface area contributed by atoms with Crippen molar-refractivity contribution in [2.45, 2.75) is 354 Å². The lowest BCUT2D eigenvalue weighted by Gasteiger charge is -2.18. The summed E-state index contributed by atoms with van der Waals surface area (Å²) in [5.41, 5.74) is 0. The standard InChI is InChI=1S/C68H124O6/c1-4-7-10-13-16-19-22-25-28-30-32-33-34-36-37-40-43-46-49-52-55-58-61-67(70)73-64-65(63-72-66(69)60-57-54-51-48-45-42-39-27-24-21-18-15-12-9-6-3)74-68(71)62-59-56-53-50-47-44-41-38-35-31-29-26-23-20-17-14-11-8-5-2/h8,11,17,20,26,29,35,38,65H,4-7,9-10,12-16,18-19,21-25,27-28,30-34,36-37,39-64H2,1-3H3/b11-8-,20-17-,29-26-,38-35-. The molecule has 0 spiro atoms. The summed E-state index contributed by atoms with van der Waals surface area (Å²) in [4.78, 5) is 38.3. The Morgan fingerprint density at radius 3 is 0.824 bits per heavy atom. The van der Waals surface area contributed by atoms with Crippen molar-refractivity contribution >= 4 is 17.9 Å². The first kappa shape index (κ1) is 71.4. The molecule has 432 valence electrons. The van der Waals surface area contributed by atoms with Crippen LogP contribution in [0.3, 0.4) is 0 Å². The number of hydrogen-bond acceptors (Lipinski definition) is 6. The van der Waals surface area contributed by atoms with Gasteiger partial charge in [-0.25, -0.2) is 0 Å². The van der Waals surface area contributed by atoms with Crippen LogP contribution in [0.4, 0.5) is 0 Å². The molecular formula is C68H124O6. The molecule has 0 aromatic rings. The second-order valence-corrected chi connectivity index (χ2v) is 22.0. The zero-order valence-corrected chi connectivity index (χ0v) is 49.6. The van der Waals surface area contributed by atoms with E-state index in [1.807, 2.05) is 0 Å². The van der Waals surface area contributed by atoms with Crippen LogP contribution in [-0.2, 0) is 28.6 Å². The van der Waals surface area contributed by atoms with Gasteiger partial charge in [-0.3, -0.25) is 14.4 Å². The van der Waals surface area contributed by atoms with E-state index in [0.29, 0.717) is 19.3 Å². The van der Waals surface area contributed by atoms with E-state index in [1.165, 1.54) is 212 Å². The van der Waals surface area contributed by atoms with Gasteiger partial charge in [0.2, 0.25) is 0 Å². The molecule has 0 amide bonds. The molecule has 0 saturated carbocycles. The molecule has 0 aromatic carbocycles. The first-order valence-corrected chi connectivity index (χ1v) is 32.6. The SMILES string of the molecule is CC/C=C\C/C=C\C/C=C\C/C=C\CCCCCCCCC(=O)OC(COC(=O)CCCCCCCCCCCCCCCCC)COC(=O)CCCCCCCCCCCCCCCCCCCCCCCC. The molecule has 0 bridgehead atoms. The van der Waals surface area contributed by atoms with Gasteiger partial charge >= 0.3 is 17.9 Å². The number of ether oxygens (including phenoxy) is 3. The van der Waals surface area contributed by atoms with Crippen LogP contribution >= 0.6 is 0 Å². The number of allylic oxidation sites excluding steroid dienone is 8. The lowest BCUT2D eigenvalue weighted by Crippen LogP contribution is -2.30. The second-order valence-electron chi connectivity index (χ2n) is 22.0. The summed E-state index contributed by atoms with van der Waals surface area (Å²) in [5.74, 6) is -0.863. The Morgan fingerprint density at radius 1 is 0.284 bits per heavy atom. The first-order valence-electron chi connectivity index (χ1n) is 32.6. The predicted octanol–water partition coefficient (Wildman–Crippen LogP) is 22.2. The number of rotatable bonds is 60. The van der Waals surface area contributed by atoms with Gasteiger partial charge in [-0.2, -0.15) is 0 Å². The van der Waals surface area contributed by atoms with Gasteiger partial charge in [0.1, 0.15) is 13.2 Å². The van der Waals surface area contributed by atoms with E-state index in [-0.39, 0.29) is 31.1 Å². The third-order valence-electron chi connectivity index (χ3n) is 14.6. The molecule has 0 aliphatic heterocycles. The van der Waals surface area contributed by atoms with Gasteiger partial charge in [-0.15, -0.1) is 0 Å². The molecule has 0 radical (unpaired) electrons. The normalized spacial score (nSPS) is 12.3. The fourth-order valence-electron chi connectivity index (χ4n) is 9.73. The van der Waals surface area contributed by atoms with Gasteiger partial charge in [-0.1, -0.05) is 320 Å². The third-order valence-corrected chi connectivity index (χ3v) is 14.6. The Kier molecular flexibility index (Phi) is 60.7. The summed E-state index contributed by atoms with van der Waals surface area (Å²) >= 11 is 0. The summed E-state index contributed by atoms with van der Waals surface area (Å²) in [6.45, 7) is 6.58. The van der Waals surface area contributed by atoms with Crippen LogP contribution in [0.15, 0.2) is 48.6 Å². The Bertz CT molecular complexity index is 1280. The molecule has 0 rings (SSSR count). The van der Waals surface area contributed by atoms with Crippen LogP contribution in [0.2, 0.25) is 0 Å². The van der Waals surface area contributed by atoms with Gasteiger partial charge in [0.05, 0.1) is 0 Å². The summed E-state index contributed by atoms with van der Waals surface area (Å²) in [5, 5.41) is 0. The third kappa shape index (κ3) is 60.2. The fraction of sp³-hybridized carbons (Fsp3) is 0.838. The van der Waals surface area contributed by atoms with Crippen molar-refractivity contribution in [1.29, 1.82) is 0 Å². The summed E-state index contributed by atoms with van der Waals surface area (Å²) < 4.78 is 17.0. The Morgan fingerprint density at radius 2 is 0.527 bits per heavy atom. The molecule has 6 nitrogen and oxygen atoms in total. The largest absolute Gasteiger partial charge is 0.462 e. The molecule has 6 heteroatoms. The van der Waals surface area contributed by atoms with Gasteiger partial charge in [0.15, 0.2) is 6.10 Å². The van der Waals surface area contributed by atoms with Crippen LogP contribution < -0.4 is 0 Å². The van der Waals surface area contributed by atoms with Crippen molar-refractivity contribution in [2.24, 2.45) is 0 Å². The molecular weight excluding hydrogens is 913 g/mol. The van der Waals surface area contributed by atoms with Crippen LogP contribution in [0.25, 0.3) is 0 Å². The zero-order chi connectivity index (χ0) is 53.6. The van der Waals surface area contributed by atoms with E-state index in [4.69, 9.17) is 14.2 Å². The minimum atomic E-state index is -0.778. The fourth-order valence-corrected chi connectivity index (χ4v) is 9.73. The average molecular weight is 1040 g/mol. The zero-order valence-electron chi connectivity index (χ0n) is 49.6. The minimum Gasteiger partial charge on any atom is -0.462 e. The van der Waals surface area contributed by atoms with Crippen LogP contribution in [-0.4, -0.2) is 37.2 Å². The quantitative estimate of drug-likeness (QED) is 0.0261. The van der Waals surface area contributed by atoms with Crippen molar-refractivity contribution in [1.82, 2.24) is 0 Å². The van der Waals surface area contributed by atoms with Crippen LogP contribution in [0.1, 0.15) is 348 Å². The molecule has 0 aliphatic carbocycles. The van der Waals surface area contributed by atoms with E-state index in [9.17, 15) is 14.4 Å². The van der Waals surface area contributed by atoms with E-state index in [0.717, 1.165) is 96.3 Å². The van der Waals surface area contributed by atoms with Gasteiger partial charge in [0.25, 0.3) is 0 Å². The second kappa shape index (κ2) is 62.9. The predicted molar refractivity (Wildman–Crippen MR) is 321 cm³/mol. The van der Waals surface area contributed by atoms with Crippen LogP contribution in [0.5, 0.6) is 0 Å². The minimum absolute atomic E-state index is 0.0740. The number of carbonyl (C=O) groups excluding carboxylic acids is 3. The van der Waals surface area contributed by atoms with E-state index >= 15 is 0 Å². The van der Waals surface area contributed by atoms with Gasteiger partial charge in [-0.05, 0) is 57.8 Å². The first-order chi connectivity index (χ1) is 36.5. The Labute approximate surface area is 460 Å². The topological polar surface area (TPSA) is 78.9 Å². The lowest BCUT2D eigenvalue weighted by atomic mass is 10.0. The highest BCUT2D eigenvalue weighted by Gasteiger charge is 2.19. The van der Waals surface area contributed by atoms with Gasteiger partial charge in [0, 0.05) is 19.3 Å². The van der Waals surface area contributed by atoms with E-state index in [1.54, 1.807) is 0 Å². The molecule has 1 atom stereocenters. The van der Waals surface area contributed by atoms with Crippen molar-refractivity contribution in [3.63, 3.8) is 0 Å². The van der Waals surface area contributed by atoms with Crippen molar-refractivity contribution in [3.8, 4) is 0 Å².